The molecule has 7 heteroatoms. The molecule has 1 aliphatic heterocycles. The molecule has 1 aromatic heterocycles. The van der Waals surface area contributed by atoms with Crippen LogP contribution in [0.2, 0.25) is 0 Å². The summed E-state index contributed by atoms with van der Waals surface area (Å²) in [6, 6.07) is 4.27. The molecule has 7 nitrogen and oxygen atoms in total. The lowest BCUT2D eigenvalue weighted by Crippen LogP contribution is -2.50. The van der Waals surface area contributed by atoms with Crippen molar-refractivity contribution in [3.63, 3.8) is 0 Å². The van der Waals surface area contributed by atoms with Crippen LogP contribution in [0.25, 0.3) is 0 Å². The number of carbonyl (C=O) groups excluding carboxylic acids is 1. The average Bonchev–Trinajstić information content (AvgIpc) is 3.15. The fourth-order valence-electron chi connectivity index (χ4n) is 3.00. The van der Waals surface area contributed by atoms with E-state index in [9.17, 15) is 4.79 Å². The Morgan fingerprint density at radius 2 is 2.12 bits per heavy atom. The van der Waals surface area contributed by atoms with Crippen molar-refractivity contribution in [2.75, 3.05) is 39.3 Å². The van der Waals surface area contributed by atoms with Crippen LogP contribution < -0.4 is 16.0 Å². The number of rotatable bonds is 9. The van der Waals surface area contributed by atoms with Gasteiger partial charge in [-0.2, -0.15) is 0 Å². The summed E-state index contributed by atoms with van der Waals surface area (Å²) in [5.74, 6) is 1.95. The molecule has 1 amide bonds. The minimum absolute atomic E-state index is 0.131. The summed E-state index contributed by atoms with van der Waals surface area (Å²) in [7, 11) is 0. The van der Waals surface area contributed by atoms with Gasteiger partial charge in [0, 0.05) is 45.2 Å². The Kier molecular flexibility index (Phi) is 9.03. The molecule has 0 saturated carbocycles. The van der Waals surface area contributed by atoms with Crippen molar-refractivity contribution in [2.45, 2.75) is 45.6 Å². The minimum atomic E-state index is 0.131. The molecule has 0 radical (unpaired) electrons. The molecule has 0 bridgehead atoms. The molecular formula is C19H33N5O2. The molecule has 0 aromatic carbocycles. The Morgan fingerprint density at radius 3 is 2.77 bits per heavy atom. The Hall–Kier alpha value is -2.02. The monoisotopic (exact) mass is 363 g/mol. The fourth-order valence-corrected chi connectivity index (χ4v) is 3.00. The van der Waals surface area contributed by atoms with Gasteiger partial charge in [-0.05, 0) is 38.3 Å². The molecule has 1 aromatic rings. The molecule has 1 fully saturated rings. The lowest BCUT2D eigenvalue weighted by Gasteiger charge is -2.32. The smallest absolute Gasteiger partial charge is 0.234 e. The normalized spacial score (nSPS) is 16.5. The third kappa shape index (κ3) is 7.47. The first-order valence-corrected chi connectivity index (χ1v) is 9.77. The Bertz CT molecular complexity index is 536. The quantitative estimate of drug-likeness (QED) is 0.456. The predicted molar refractivity (Wildman–Crippen MR) is 104 cm³/mol. The van der Waals surface area contributed by atoms with Crippen LogP contribution in [0.3, 0.4) is 0 Å². The van der Waals surface area contributed by atoms with Crippen LogP contribution in [0, 0.1) is 0 Å². The van der Waals surface area contributed by atoms with Crippen LogP contribution >= 0.6 is 0 Å². The zero-order valence-corrected chi connectivity index (χ0v) is 16.1. The van der Waals surface area contributed by atoms with Gasteiger partial charge in [-0.3, -0.25) is 14.7 Å². The van der Waals surface area contributed by atoms with Crippen LogP contribution in [0.1, 0.15) is 38.9 Å². The van der Waals surface area contributed by atoms with Gasteiger partial charge in [0.05, 0.1) is 12.8 Å². The maximum atomic E-state index is 11.8. The number of hydrogen-bond donors (Lipinski definition) is 3. The van der Waals surface area contributed by atoms with Crippen molar-refractivity contribution in [1.29, 1.82) is 0 Å². The van der Waals surface area contributed by atoms with Crippen molar-refractivity contribution in [3.05, 3.63) is 24.2 Å². The van der Waals surface area contributed by atoms with Crippen molar-refractivity contribution >= 4 is 11.9 Å². The van der Waals surface area contributed by atoms with Gasteiger partial charge in [0.25, 0.3) is 0 Å². The van der Waals surface area contributed by atoms with E-state index in [0.29, 0.717) is 19.1 Å². The van der Waals surface area contributed by atoms with E-state index in [1.807, 2.05) is 12.1 Å². The third-order valence-corrected chi connectivity index (χ3v) is 4.42. The first kappa shape index (κ1) is 20.3. The summed E-state index contributed by atoms with van der Waals surface area (Å²) in [4.78, 5) is 18.7. The lowest BCUT2D eigenvalue weighted by molar-refractivity contribution is -0.122. The van der Waals surface area contributed by atoms with E-state index in [0.717, 1.165) is 63.6 Å². The van der Waals surface area contributed by atoms with Crippen LogP contribution in [-0.2, 0) is 11.2 Å². The number of nitrogens with zero attached hydrogens (tertiary/aromatic N) is 2. The van der Waals surface area contributed by atoms with Gasteiger partial charge in [-0.1, -0.05) is 6.92 Å². The lowest BCUT2D eigenvalue weighted by atomic mass is 10.1. The highest BCUT2D eigenvalue weighted by atomic mass is 16.3. The Labute approximate surface area is 156 Å². The summed E-state index contributed by atoms with van der Waals surface area (Å²) in [5, 5.41) is 9.77. The molecular weight excluding hydrogens is 330 g/mol. The highest BCUT2D eigenvalue weighted by Gasteiger charge is 2.21. The van der Waals surface area contributed by atoms with Crippen molar-refractivity contribution in [2.24, 2.45) is 4.99 Å². The number of furan rings is 1. The van der Waals surface area contributed by atoms with Gasteiger partial charge in [0.2, 0.25) is 5.91 Å². The van der Waals surface area contributed by atoms with Gasteiger partial charge in [-0.15, -0.1) is 0 Å². The number of aliphatic imine (C=N–C) groups is 1. The molecule has 0 atom stereocenters. The summed E-state index contributed by atoms with van der Waals surface area (Å²) in [6.07, 6.45) is 5.51. The number of hydrogen-bond acceptors (Lipinski definition) is 4. The highest BCUT2D eigenvalue weighted by Crippen LogP contribution is 2.10. The van der Waals surface area contributed by atoms with Gasteiger partial charge in [0.15, 0.2) is 5.96 Å². The van der Waals surface area contributed by atoms with E-state index in [1.165, 1.54) is 0 Å². The first-order valence-electron chi connectivity index (χ1n) is 9.77. The molecule has 2 rings (SSSR count). The summed E-state index contributed by atoms with van der Waals surface area (Å²) >= 11 is 0. The van der Waals surface area contributed by atoms with Crippen molar-refractivity contribution < 1.29 is 9.21 Å². The van der Waals surface area contributed by atoms with Crippen LogP contribution in [0.15, 0.2) is 27.8 Å². The van der Waals surface area contributed by atoms with Crippen LogP contribution in [0.4, 0.5) is 0 Å². The van der Waals surface area contributed by atoms with Gasteiger partial charge in [0.1, 0.15) is 5.76 Å². The number of piperidine rings is 1. The molecule has 26 heavy (non-hydrogen) atoms. The van der Waals surface area contributed by atoms with Gasteiger partial charge in [-0.25, -0.2) is 0 Å². The third-order valence-electron chi connectivity index (χ3n) is 4.42. The summed E-state index contributed by atoms with van der Waals surface area (Å²) in [6.45, 7) is 8.80. The molecule has 1 aliphatic rings. The van der Waals surface area contributed by atoms with E-state index in [4.69, 9.17) is 4.42 Å². The molecule has 2 heterocycles. The number of likely N-dealkylation sites (tertiary alicyclic amines) is 1. The van der Waals surface area contributed by atoms with Gasteiger partial charge < -0.3 is 20.4 Å². The highest BCUT2D eigenvalue weighted by molar-refractivity contribution is 5.80. The average molecular weight is 364 g/mol. The molecule has 1 saturated heterocycles. The maximum Gasteiger partial charge on any atom is 0.234 e. The van der Waals surface area contributed by atoms with E-state index >= 15 is 0 Å². The number of carbonyl (C=O) groups is 1. The maximum absolute atomic E-state index is 11.8. The standard InChI is InChI=1S/C19H33N5O2/c1-3-10-21-18(25)15-24-12-8-16(9-13-24)23-19(20-4-2)22-11-7-17-6-5-14-26-17/h5-6,14,16H,3-4,7-13,15H2,1-2H3,(H,21,25)(H2,20,22,23). The fraction of sp³-hybridized carbons (Fsp3) is 0.684. The van der Waals surface area contributed by atoms with Crippen LogP contribution in [-0.4, -0.2) is 62.1 Å². The molecule has 3 N–H and O–H groups in total. The second-order valence-corrected chi connectivity index (χ2v) is 6.63. The van der Waals surface area contributed by atoms with E-state index < -0.39 is 0 Å². The number of nitrogens with one attached hydrogen (secondary N) is 3. The predicted octanol–water partition coefficient (Wildman–Crippen LogP) is 1.37. The summed E-state index contributed by atoms with van der Waals surface area (Å²) in [5.41, 5.74) is 0. The largest absolute Gasteiger partial charge is 0.469 e. The topological polar surface area (TPSA) is 81.9 Å². The number of amides is 1. The first-order chi connectivity index (χ1) is 12.7. The SMILES string of the molecule is CCCNC(=O)CN1CCC(NC(=NCCc2ccco2)NCC)CC1. The van der Waals surface area contributed by atoms with Crippen molar-refractivity contribution in [3.8, 4) is 0 Å². The van der Waals surface area contributed by atoms with Crippen molar-refractivity contribution in [1.82, 2.24) is 20.9 Å². The zero-order valence-electron chi connectivity index (χ0n) is 16.1. The Balaban J connectivity index is 1.71. The second-order valence-electron chi connectivity index (χ2n) is 6.63. The van der Waals surface area contributed by atoms with E-state index in [2.05, 4.69) is 39.7 Å². The van der Waals surface area contributed by atoms with Crippen LogP contribution in [0.5, 0.6) is 0 Å². The molecule has 146 valence electrons. The minimum Gasteiger partial charge on any atom is -0.469 e. The molecule has 0 aliphatic carbocycles. The Morgan fingerprint density at radius 1 is 1.31 bits per heavy atom. The van der Waals surface area contributed by atoms with E-state index in [1.54, 1.807) is 6.26 Å². The molecule has 0 spiro atoms. The van der Waals surface area contributed by atoms with E-state index in [-0.39, 0.29) is 5.91 Å². The number of guanidine groups is 1. The molecule has 0 unspecified atom stereocenters. The zero-order chi connectivity index (χ0) is 18.6. The second kappa shape index (κ2) is 11.6. The summed E-state index contributed by atoms with van der Waals surface area (Å²) < 4.78 is 5.34. The van der Waals surface area contributed by atoms with Gasteiger partial charge >= 0.3 is 0 Å².